The zero-order valence-electron chi connectivity index (χ0n) is 5.97. The Morgan fingerprint density at radius 2 is 2.20 bits per heavy atom. The average molecular weight is 221 g/mol. The van der Waals surface area contributed by atoms with Crippen LogP contribution < -0.4 is 0 Å². The van der Waals surface area contributed by atoms with E-state index in [1.165, 1.54) is 11.5 Å². The van der Waals surface area contributed by atoms with Gasteiger partial charge in [0.05, 0.1) is 0 Å². The van der Waals surface area contributed by atoms with Crippen molar-refractivity contribution in [2.45, 2.75) is 13.8 Å². The molecule has 1 aromatic rings. The lowest BCUT2D eigenvalue weighted by atomic mass is 10.8. The topological polar surface area (TPSA) is 25.8 Å². The van der Waals surface area contributed by atoms with E-state index in [0.717, 1.165) is 5.01 Å². The lowest BCUT2D eigenvalue weighted by Crippen LogP contribution is -1.63. The van der Waals surface area contributed by atoms with Crippen LogP contribution in [0.1, 0.15) is 11.9 Å². The Morgan fingerprint density at radius 1 is 1.70 bits per heavy atom. The third-order valence-corrected chi connectivity index (χ3v) is 1.71. The predicted molar refractivity (Wildman–Crippen MR) is 48.2 cm³/mol. The molecule has 0 aliphatic rings. The van der Waals surface area contributed by atoms with Crippen molar-refractivity contribution < 1.29 is 0 Å². The molecular weight excluding hydrogens is 212 g/mol. The first-order chi connectivity index (χ1) is 4.70. The molecule has 0 amide bonds. The number of hydrogen-bond donors (Lipinski definition) is 0. The molecule has 0 saturated heterocycles. The SMILES string of the molecule is C=CC.Cc1nc(Br)ns1. The largest absolute Gasteiger partial charge is 0.214 e. The van der Waals surface area contributed by atoms with Crippen LogP contribution in [-0.2, 0) is 0 Å². The van der Waals surface area contributed by atoms with E-state index in [-0.39, 0.29) is 0 Å². The molecule has 0 unspecified atom stereocenters. The lowest BCUT2D eigenvalue weighted by molar-refractivity contribution is 1.20. The van der Waals surface area contributed by atoms with Gasteiger partial charge in [0, 0.05) is 0 Å². The van der Waals surface area contributed by atoms with E-state index in [4.69, 9.17) is 0 Å². The Balaban J connectivity index is 0.000000236. The Labute approximate surface area is 73.3 Å². The summed E-state index contributed by atoms with van der Waals surface area (Å²) in [6.45, 7) is 7.17. The first kappa shape index (κ1) is 9.78. The molecule has 1 rings (SSSR count). The van der Waals surface area contributed by atoms with Gasteiger partial charge in [0.2, 0.25) is 4.73 Å². The molecule has 0 spiro atoms. The summed E-state index contributed by atoms with van der Waals surface area (Å²) in [6, 6.07) is 0. The fourth-order valence-electron chi connectivity index (χ4n) is 0.274. The summed E-state index contributed by atoms with van der Waals surface area (Å²) in [4.78, 5) is 3.94. The maximum Gasteiger partial charge on any atom is 0.209 e. The highest BCUT2D eigenvalue weighted by Crippen LogP contribution is 2.06. The summed E-state index contributed by atoms with van der Waals surface area (Å²) in [5, 5.41) is 0.992. The molecule has 1 aromatic heterocycles. The number of aryl methyl sites for hydroxylation is 1. The summed E-state index contributed by atoms with van der Waals surface area (Å²) in [5.74, 6) is 0. The Morgan fingerprint density at radius 3 is 2.30 bits per heavy atom. The number of aromatic nitrogens is 2. The molecule has 1 heterocycles. The summed E-state index contributed by atoms with van der Waals surface area (Å²) < 4.78 is 4.55. The van der Waals surface area contributed by atoms with Gasteiger partial charge in [-0.05, 0) is 41.3 Å². The molecule has 0 fully saturated rings. The second kappa shape index (κ2) is 5.56. The van der Waals surface area contributed by atoms with Gasteiger partial charge >= 0.3 is 0 Å². The second-order valence-electron chi connectivity index (χ2n) is 1.49. The highest BCUT2D eigenvalue weighted by molar-refractivity contribution is 9.10. The van der Waals surface area contributed by atoms with Crippen LogP contribution in [-0.4, -0.2) is 9.36 Å². The molecule has 0 N–H and O–H groups in total. The third kappa shape index (κ3) is 4.64. The summed E-state index contributed by atoms with van der Waals surface area (Å²) in [6.07, 6.45) is 1.75. The van der Waals surface area contributed by atoms with Crippen LogP contribution in [0.15, 0.2) is 17.4 Å². The van der Waals surface area contributed by atoms with Gasteiger partial charge in [-0.15, -0.1) is 6.58 Å². The molecular formula is C6H9BrN2S. The summed E-state index contributed by atoms with van der Waals surface area (Å²) in [7, 11) is 0. The fraction of sp³-hybridized carbons (Fsp3) is 0.333. The standard InChI is InChI=1S/C3H3BrN2S.C3H6/c1-2-5-3(4)6-7-2;1-3-2/h1H3;3H,1H2,2H3. The number of nitrogens with zero attached hydrogens (tertiary/aromatic N) is 2. The van der Waals surface area contributed by atoms with Crippen LogP contribution in [0, 0.1) is 6.92 Å². The highest BCUT2D eigenvalue weighted by Gasteiger charge is 1.90. The van der Waals surface area contributed by atoms with Crippen molar-refractivity contribution in [1.29, 1.82) is 0 Å². The fourth-order valence-corrected chi connectivity index (χ4v) is 1.25. The second-order valence-corrected chi connectivity index (χ2v) is 3.16. The normalized spacial score (nSPS) is 7.90. The van der Waals surface area contributed by atoms with Crippen molar-refractivity contribution in [2.24, 2.45) is 0 Å². The van der Waals surface area contributed by atoms with E-state index in [1.54, 1.807) is 6.08 Å². The van der Waals surface area contributed by atoms with Crippen LogP contribution in [0.3, 0.4) is 0 Å². The van der Waals surface area contributed by atoms with Crippen LogP contribution in [0.4, 0.5) is 0 Å². The number of rotatable bonds is 0. The van der Waals surface area contributed by atoms with Crippen LogP contribution >= 0.6 is 27.5 Å². The molecule has 0 bridgehead atoms. The van der Waals surface area contributed by atoms with Gasteiger partial charge in [-0.1, -0.05) is 6.08 Å². The van der Waals surface area contributed by atoms with Crippen LogP contribution in [0.2, 0.25) is 0 Å². The minimum absolute atomic E-state index is 0.690. The quantitative estimate of drug-likeness (QED) is 0.629. The molecule has 0 atom stereocenters. The average Bonchev–Trinajstić information content (AvgIpc) is 2.17. The van der Waals surface area contributed by atoms with Crippen molar-refractivity contribution in [2.75, 3.05) is 0 Å². The molecule has 0 aromatic carbocycles. The highest BCUT2D eigenvalue weighted by atomic mass is 79.9. The Kier molecular flexibility index (Phi) is 5.43. The molecule has 2 nitrogen and oxygen atoms in total. The van der Waals surface area contributed by atoms with Crippen molar-refractivity contribution in [3.8, 4) is 0 Å². The molecule has 10 heavy (non-hydrogen) atoms. The lowest BCUT2D eigenvalue weighted by Gasteiger charge is -1.65. The van der Waals surface area contributed by atoms with Gasteiger partial charge in [-0.3, -0.25) is 0 Å². The van der Waals surface area contributed by atoms with Crippen molar-refractivity contribution in [1.82, 2.24) is 9.36 Å². The third-order valence-electron chi connectivity index (χ3n) is 0.503. The van der Waals surface area contributed by atoms with Crippen LogP contribution in [0.25, 0.3) is 0 Å². The Hall–Kier alpha value is -0.220. The smallest absolute Gasteiger partial charge is 0.209 e. The Bertz CT molecular complexity index is 181. The predicted octanol–water partition coefficient (Wildman–Crippen LogP) is 2.80. The maximum absolute atomic E-state index is 3.94. The summed E-state index contributed by atoms with van der Waals surface area (Å²) in [5.41, 5.74) is 0. The van der Waals surface area contributed by atoms with E-state index in [0.29, 0.717) is 4.73 Å². The number of allylic oxidation sites excluding steroid dienone is 1. The molecule has 56 valence electrons. The van der Waals surface area contributed by atoms with Gasteiger partial charge in [0.25, 0.3) is 0 Å². The van der Waals surface area contributed by atoms with E-state index >= 15 is 0 Å². The first-order valence-electron chi connectivity index (χ1n) is 2.73. The van der Waals surface area contributed by atoms with Crippen LogP contribution in [0.5, 0.6) is 0 Å². The number of halogens is 1. The van der Waals surface area contributed by atoms with Gasteiger partial charge in [-0.25, -0.2) is 4.98 Å². The van der Waals surface area contributed by atoms with E-state index in [2.05, 4.69) is 31.9 Å². The molecule has 0 aliphatic carbocycles. The zero-order valence-corrected chi connectivity index (χ0v) is 8.37. The summed E-state index contributed by atoms with van der Waals surface area (Å²) >= 11 is 4.52. The number of hydrogen-bond acceptors (Lipinski definition) is 3. The zero-order chi connectivity index (χ0) is 7.98. The van der Waals surface area contributed by atoms with Crippen molar-refractivity contribution in [3.05, 3.63) is 22.4 Å². The van der Waals surface area contributed by atoms with Gasteiger partial charge in [0.15, 0.2) is 0 Å². The van der Waals surface area contributed by atoms with Crippen molar-refractivity contribution >= 4 is 27.5 Å². The minimum Gasteiger partial charge on any atom is -0.214 e. The van der Waals surface area contributed by atoms with Crippen molar-refractivity contribution in [3.63, 3.8) is 0 Å². The van der Waals surface area contributed by atoms with Gasteiger partial charge in [-0.2, -0.15) is 4.37 Å². The molecule has 4 heteroatoms. The molecule has 0 aliphatic heterocycles. The first-order valence-corrected chi connectivity index (χ1v) is 4.30. The van der Waals surface area contributed by atoms with Gasteiger partial charge < -0.3 is 0 Å². The monoisotopic (exact) mass is 220 g/mol. The maximum atomic E-state index is 3.94. The van der Waals surface area contributed by atoms with E-state index in [1.807, 2.05) is 13.8 Å². The molecule has 0 saturated carbocycles. The minimum atomic E-state index is 0.690. The van der Waals surface area contributed by atoms with E-state index < -0.39 is 0 Å². The van der Waals surface area contributed by atoms with E-state index in [9.17, 15) is 0 Å². The van der Waals surface area contributed by atoms with Gasteiger partial charge in [0.1, 0.15) is 5.01 Å². The molecule has 0 radical (unpaired) electrons.